The van der Waals surface area contributed by atoms with E-state index in [1.807, 2.05) is 61.2 Å². The van der Waals surface area contributed by atoms with E-state index in [0.717, 1.165) is 22.6 Å². The maximum Gasteiger partial charge on any atom is 0.0761 e. The molecule has 3 aromatic rings. The molecule has 0 bridgehead atoms. The Bertz CT molecular complexity index is 711. The minimum Gasteiger partial charge on any atom is -0.319 e. The van der Waals surface area contributed by atoms with Crippen LogP contribution in [0.4, 0.5) is 0 Å². The summed E-state index contributed by atoms with van der Waals surface area (Å²) in [5.74, 6) is 0. The zero-order chi connectivity index (χ0) is 14.1. The second kappa shape index (κ2) is 4.94. The average Bonchev–Trinajstić information content (AvgIpc) is 3.05. The summed E-state index contributed by atoms with van der Waals surface area (Å²) in [6, 6.07) is 11.7. The topological polar surface area (TPSA) is 61.7 Å². The van der Waals surface area contributed by atoms with Crippen LogP contribution in [0.1, 0.15) is 23.0 Å². The van der Waals surface area contributed by atoms with Gasteiger partial charge in [0.25, 0.3) is 0 Å². The molecule has 0 radical (unpaired) electrons. The normalized spacial score (nSPS) is 12.6. The second-order valence-corrected chi connectivity index (χ2v) is 4.82. The van der Waals surface area contributed by atoms with E-state index in [-0.39, 0.29) is 6.04 Å². The van der Waals surface area contributed by atoms with Crippen LogP contribution in [0.5, 0.6) is 0 Å². The van der Waals surface area contributed by atoms with Crippen molar-refractivity contribution in [3.05, 3.63) is 65.7 Å². The van der Waals surface area contributed by atoms with Gasteiger partial charge in [0.15, 0.2) is 0 Å². The number of nitrogens with zero attached hydrogens (tertiary/aromatic N) is 4. The van der Waals surface area contributed by atoms with Crippen molar-refractivity contribution >= 4 is 0 Å². The van der Waals surface area contributed by atoms with Gasteiger partial charge in [0.05, 0.1) is 23.1 Å². The molecule has 20 heavy (non-hydrogen) atoms. The largest absolute Gasteiger partial charge is 0.319 e. The Balaban J connectivity index is 2.04. The number of benzene rings is 1. The van der Waals surface area contributed by atoms with Gasteiger partial charge < -0.3 is 5.73 Å². The van der Waals surface area contributed by atoms with Crippen LogP contribution in [0.15, 0.2) is 48.8 Å². The molecular weight excluding hydrogens is 250 g/mol. The number of para-hydroxylation sites is 1. The molecule has 2 heterocycles. The smallest absolute Gasteiger partial charge is 0.0761 e. The average molecular weight is 267 g/mol. The quantitative estimate of drug-likeness (QED) is 0.789. The lowest BCUT2D eigenvalue weighted by Crippen LogP contribution is -2.17. The number of nitrogens with two attached hydrogens (primary N) is 1. The van der Waals surface area contributed by atoms with E-state index in [9.17, 15) is 0 Å². The van der Waals surface area contributed by atoms with Crippen LogP contribution >= 0.6 is 0 Å². The molecule has 1 atom stereocenters. The third-order valence-electron chi connectivity index (χ3n) is 3.38. The van der Waals surface area contributed by atoms with Crippen molar-refractivity contribution in [3.63, 3.8) is 0 Å². The maximum absolute atomic E-state index is 6.40. The molecule has 5 heteroatoms. The first kappa shape index (κ1) is 12.6. The number of rotatable bonds is 3. The molecular formula is C15H17N5. The minimum atomic E-state index is -0.244. The van der Waals surface area contributed by atoms with Crippen molar-refractivity contribution in [2.24, 2.45) is 12.8 Å². The van der Waals surface area contributed by atoms with E-state index < -0.39 is 0 Å². The number of hydrogen-bond acceptors (Lipinski definition) is 3. The van der Waals surface area contributed by atoms with Crippen molar-refractivity contribution in [2.45, 2.75) is 13.0 Å². The number of aromatic nitrogens is 4. The van der Waals surface area contributed by atoms with Crippen molar-refractivity contribution in [3.8, 4) is 5.69 Å². The van der Waals surface area contributed by atoms with Gasteiger partial charge in [-0.15, -0.1) is 0 Å². The molecule has 1 aromatic carbocycles. The molecule has 102 valence electrons. The standard InChI is InChI=1S/C15H17N5/c1-11-13(10-19(2)18-11)15(16)14-8-9-17-20(14)12-6-4-3-5-7-12/h3-10,15H,16H2,1-2H3. The van der Waals surface area contributed by atoms with Crippen LogP contribution in [0.2, 0.25) is 0 Å². The molecule has 0 saturated heterocycles. The van der Waals surface area contributed by atoms with Gasteiger partial charge in [-0.1, -0.05) is 18.2 Å². The highest BCUT2D eigenvalue weighted by Gasteiger charge is 2.18. The van der Waals surface area contributed by atoms with E-state index in [2.05, 4.69) is 10.2 Å². The lowest BCUT2D eigenvalue weighted by molar-refractivity contribution is 0.734. The highest BCUT2D eigenvalue weighted by molar-refractivity contribution is 5.36. The van der Waals surface area contributed by atoms with Crippen LogP contribution in [0.25, 0.3) is 5.69 Å². The van der Waals surface area contributed by atoms with Crippen LogP contribution in [-0.2, 0) is 7.05 Å². The van der Waals surface area contributed by atoms with Crippen molar-refractivity contribution in [1.29, 1.82) is 0 Å². The SMILES string of the molecule is Cc1nn(C)cc1C(N)c1ccnn1-c1ccccc1. The summed E-state index contributed by atoms with van der Waals surface area (Å²) >= 11 is 0. The Morgan fingerprint density at radius 1 is 1.15 bits per heavy atom. The second-order valence-electron chi connectivity index (χ2n) is 4.82. The fraction of sp³-hybridized carbons (Fsp3) is 0.200. The molecule has 0 amide bonds. The maximum atomic E-state index is 6.40. The molecule has 0 aliphatic heterocycles. The predicted molar refractivity (Wildman–Crippen MR) is 77.5 cm³/mol. The summed E-state index contributed by atoms with van der Waals surface area (Å²) in [7, 11) is 1.90. The van der Waals surface area contributed by atoms with Crippen molar-refractivity contribution in [1.82, 2.24) is 19.6 Å². The van der Waals surface area contributed by atoms with Gasteiger partial charge in [-0.2, -0.15) is 10.2 Å². The summed E-state index contributed by atoms with van der Waals surface area (Å²) < 4.78 is 3.66. The highest BCUT2D eigenvalue weighted by atomic mass is 15.3. The Morgan fingerprint density at radius 3 is 2.55 bits per heavy atom. The number of aryl methyl sites for hydroxylation is 2. The zero-order valence-electron chi connectivity index (χ0n) is 11.6. The third-order valence-corrected chi connectivity index (χ3v) is 3.38. The molecule has 0 saturated carbocycles. The van der Waals surface area contributed by atoms with Gasteiger partial charge in [-0.25, -0.2) is 4.68 Å². The summed E-state index contributed by atoms with van der Waals surface area (Å²) in [5.41, 5.74) is 10.3. The van der Waals surface area contributed by atoms with Gasteiger partial charge in [-0.05, 0) is 25.1 Å². The number of hydrogen-bond donors (Lipinski definition) is 1. The van der Waals surface area contributed by atoms with E-state index in [1.165, 1.54) is 0 Å². The van der Waals surface area contributed by atoms with Crippen molar-refractivity contribution < 1.29 is 0 Å². The summed E-state index contributed by atoms with van der Waals surface area (Å²) in [4.78, 5) is 0. The summed E-state index contributed by atoms with van der Waals surface area (Å²) in [5, 5.41) is 8.73. The Labute approximate surface area is 117 Å². The molecule has 0 spiro atoms. The summed E-state index contributed by atoms with van der Waals surface area (Å²) in [6.07, 6.45) is 3.73. The van der Waals surface area contributed by atoms with Crippen molar-refractivity contribution in [2.75, 3.05) is 0 Å². The van der Waals surface area contributed by atoms with Gasteiger partial charge in [0, 0.05) is 25.0 Å². The summed E-state index contributed by atoms with van der Waals surface area (Å²) in [6.45, 7) is 1.97. The van der Waals surface area contributed by atoms with E-state index in [4.69, 9.17) is 5.73 Å². The fourth-order valence-electron chi connectivity index (χ4n) is 2.42. The Hall–Kier alpha value is -2.40. The van der Waals surface area contributed by atoms with Gasteiger partial charge in [0.2, 0.25) is 0 Å². The molecule has 2 aromatic heterocycles. The first-order valence-electron chi connectivity index (χ1n) is 6.52. The van der Waals surface area contributed by atoms with E-state index in [0.29, 0.717) is 0 Å². The van der Waals surface area contributed by atoms with Crippen LogP contribution in [-0.4, -0.2) is 19.6 Å². The Morgan fingerprint density at radius 2 is 1.90 bits per heavy atom. The highest BCUT2D eigenvalue weighted by Crippen LogP contribution is 2.23. The zero-order valence-corrected chi connectivity index (χ0v) is 11.6. The molecule has 5 nitrogen and oxygen atoms in total. The van der Waals surface area contributed by atoms with E-state index in [1.54, 1.807) is 10.9 Å². The molecule has 0 aliphatic carbocycles. The molecule has 0 aliphatic rings. The molecule has 0 fully saturated rings. The molecule has 2 N–H and O–H groups in total. The predicted octanol–water partition coefficient (Wildman–Crippen LogP) is 1.96. The lowest BCUT2D eigenvalue weighted by Gasteiger charge is -2.13. The molecule has 1 unspecified atom stereocenters. The Kier molecular flexibility index (Phi) is 3.12. The lowest BCUT2D eigenvalue weighted by atomic mass is 10.1. The first-order valence-corrected chi connectivity index (χ1v) is 6.52. The first-order chi connectivity index (χ1) is 9.66. The van der Waals surface area contributed by atoms with Crippen LogP contribution < -0.4 is 5.73 Å². The minimum absolute atomic E-state index is 0.244. The molecule has 3 rings (SSSR count). The van der Waals surface area contributed by atoms with Crippen LogP contribution in [0.3, 0.4) is 0 Å². The van der Waals surface area contributed by atoms with Gasteiger partial charge in [-0.3, -0.25) is 4.68 Å². The fourth-order valence-corrected chi connectivity index (χ4v) is 2.42. The van der Waals surface area contributed by atoms with Gasteiger partial charge in [0.1, 0.15) is 0 Å². The van der Waals surface area contributed by atoms with Crippen LogP contribution in [0, 0.1) is 6.92 Å². The monoisotopic (exact) mass is 267 g/mol. The van der Waals surface area contributed by atoms with Gasteiger partial charge >= 0.3 is 0 Å². The third kappa shape index (κ3) is 2.12. The van der Waals surface area contributed by atoms with E-state index >= 15 is 0 Å².